The van der Waals surface area contributed by atoms with Crippen LogP contribution in [0.3, 0.4) is 0 Å². The molecule has 0 heterocycles. The van der Waals surface area contributed by atoms with Crippen LogP contribution in [0.15, 0.2) is 0 Å². The highest BCUT2D eigenvalue weighted by atomic mass is 14.3. The summed E-state index contributed by atoms with van der Waals surface area (Å²) in [5, 5.41) is 17.3. The zero-order chi connectivity index (χ0) is 16.3. The molecule has 0 aliphatic heterocycles. The lowest BCUT2D eigenvalue weighted by molar-refractivity contribution is 0.526. The molecule has 0 saturated heterocycles. The maximum Gasteiger partial charge on any atom is 0.133 e. The summed E-state index contributed by atoms with van der Waals surface area (Å²) in [6, 6.07) is 4.08. The van der Waals surface area contributed by atoms with Gasteiger partial charge in [-0.2, -0.15) is 10.5 Å². The quantitative estimate of drug-likeness (QED) is 0.291. The number of nitrogens with zero attached hydrogens (tertiary/aromatic N) is 2. The molecule has 0 rings (SSSR count). The molecule has 0 aliphatic rings. The summed E-state index contributed by atoms with van der Waals surface area (Å²) in [5.41, 5.74) is 0. The Kier molecular flexibility index (Phi) is 17.2. The molecule has 126 valence electrons. The van der Waals surface area contributed by atoms with Crippen LogP contribution < -0.4 is 0 Å². The monoisotopic (exact) mass is 304 g/mol. The van der Waals surface area contributed by atoms with Crippen LogP contribution in [-0.2, 0) is 0 Å². The third kappa shape index (κ3) is 15.4. The minimum atomic E-state index is -0.387. The van der Waals surface area contributed by atoms with Crippen LogP contribution in [0.5, 0.6) is 0 Å². The molecule has 22 heavy (non-hydrogen) atoms. The second-order valence-electron chi connectivity index (χ2n) is 6.55. The lowest BCUT2D eigenvalue weighted by atomic mass is 10.0. The van der Waals surface area contributed by atoms with Crippen molar-refractivity contribution in [2.75, 3.05) is 0 Å². The molecule has 0 bridgehead atoms. The maximum absolute atomic E-state index is 8.67. The van der Waals surface area contributed by atoms with Crippen molar-refractivity contribution in [2.45, 2.75) is 110 Å². The van der Waals surface area contributed by atoms with Gasteiger partial charge >= 0.3 is 0 Å². The summed E-state index contributed by atoms with van der Waals surface area (Å²) in [6.07, 6.45) is 21.0. The highest BCUT2D eigenvalue weighted by Gasteiger charge is 2.03. The molecule has 0 fully saturated rings. The third-order valence-corrected chi connectivity index (χ3v) is 4.41. The van der Waals surface area contributed by atoms with Gasteiger partial charge in [0.25, 0.3) is 0 Å². The van der Waals surface area contributed by atoms with Crippen molar-refractivity contribution >= 4 is 0 Å². The fourth-order valence-corrected chi connectivity index (χ4v) is 2.88. The molecular weight excluding hydrogens is 268 g/mol. The van der Waals surface area contributed by atoms with E-state index in [1.165, 1.54) is 89.9 Å². The van der Waals surface area contributed by atoms with Crippen molar-refractivity contribution in [3.8, 4) is 12.1 Å². The Morgan fingerprint density at radius 2 is 0.864 bits per heavy atom. The zero-order valence-electron chi connectivity index (χ0n) is 14.8. The van der Waals surface area contributed by atoms with Gasteiger partial charge in [0.15, 0.2) is 0 Å². The van der Waals surface area contributed by atoms with Crippen molar-refractivity contribution in [3.63, 3.8) is 0 Å². The Bertz CT molecular complexity index is 284. The molecule has 0 amide bonds. The van der Waals surface area contributed by atoms with E-state index in [1.807, 2.05) is 12.1 Å². The first-order valence-electron chi connectivity index (χ1n) is 9.64. The Morgan fingerprint density at radius 1 is 0.545 bits per heavy atom. The third-order valence-electron chi connectivity index (χ3n) is 4.41. The van der Waals surface area contributed by atoms with Gasteiger partial charge in [0.2, 0.25) is 0 Å². The first-order valence-corrected chi connectivity index (χ1v) is 9.64. The van der Waals surface area contributed by atoms with E-state index in [0.29, 0.717) is 0 Å². The number of rotatable bonds is 16. The Morgan fingerprint density at radius 3 is 1.18 bits per heavy atom. The predicted molar refractivity (Wildman–Crippen MR) is 94.3 cm³/mol. The molecule has 0 radical (unpaired) electrons. The van der Waals surface area contributed by atoms with Gasteiger partial charge in [0, 0.05) is 0 Å². The molecule has 2 nitrogen and oxygen atoms in total. The first kappa shape index (κ1) is 21.0. The van der Waals surface area contributed by atoms with E-state index in [-0.39, 0.29) is 5.92 Å². The molecule has 0 aromatic rings. The number of hydrogen-bond acceptors (Lipinski definition) is 2. The Hall–Kier alpha value is -1.02. The van der Waals surface area contributed by atoms with Gasteiger partial charge < -0.3 is 0 Å². The van der Waals surface area contributed by atoms with Gasteiger partial charge in [-0.1, -0.05) is 103 Å². The van der Waals surface area contributed by atoms with Gasteiger partial charge in [-0.25, -0.2) is 0 Å². The van der Waals surface area contributed by atoms with Crippen molar-refractivity contribution in [1.82, 2.24) is 0 Å². The molecule has 0 aromatic carbocycles. The van der Waals surface area contributed by atoms with Crippen LogP contribution in [0.2, 0.25) is 0 Å². The highest BCUT2D eigenvalue weighted by molar-refractivity contribution is 4.98. The normalized spacial score (nSPS) is 10.5. The number of unbranched alkanes of at least 4 members (excludes halogenated alkanes) is 14. The maximum atomic E-state index is 8.67. The number of nitriles is 2. The van der Waals surface area contributed by atoms with Gasteiger partial charge in [0.05, 0.1) is 12.1 Å². The van der Waals surface area contributed by atoms with E-state index < -0.39 is 0 Å². The van der Waals surface area contributed by atoms with Crippen molar-refractivity contribution in [1.29, 1.82) is 10.5 Å². The summed E-state index contributed by atoms with van der Waals surface area (Å²) in [7, 11) is 0. The SMILES string of the molecule is CCCCCCCCCCCCCCCCCC(C#N)C#N. The first-order chi connectivity index (χ1) is 10.8. The molecule has 0 atom stereocenters. The van der Waals surface area contributed by atoms with Crippen molar-refractivity contribution in [3.05, 3.63) is 0 Å². The van der Waals surface area contributed by atoms with Crippen molar-refractivity contribution < 1.29 is 0 Å². The summed E-state index contributed by atoms with van der Waals surface area (Å²) in [4.78, 5) is 0. The fraction of sp³-hybridized carbons (Fsp3) is 0.900. The minimum absolute atomic E-state index is 0.387. The van der Waals surface area contributed by atoms with E-state index >= 15 is 0 Å². The van der Waals surface area contributed by atoms with Gasteiger partial charge in [0.1, 0.15) is 5.92 Å². The second kappa shape index (κ2) is 18.0. The average Bonchev–Trinajstić information content (AvgIpc) is 2.55. The van der Waals surface area contributed by atoms with Gasteiger partial charge in [-0.3, -0.25) is 0 Å². The van der Waals surface area contributed by atoms with Crippen LogP contribution in [0, 0.1) is 28.6 Å². The zero-order valence-corrected chi connectivity index (χ0v) is 14.8. The largest absolute Gasteiger partial charge is 0.197 e. The molecule has 0 aromatic heterocycles. The lowest BCUT2D eigenvalue weighted by Gasteiger charge is -2.03. The van der Waals surface area contributed by atoms with Gasteiger partial charge in [-0.05, 0) is 6.42 Å². The van der Waals surface area contributed by atoms with E-state index in [1.54, 1.807) is 0 Å². The number of hydrogen-bond donors (Lipinski definition) is 0. The molecule has 0 saturated carbocycles. The standard InChI is InChI=1S/C20H36N2/c1-2-3-4-5-6-7-8-9-10-11-12-13-14-15-16-17-20(18-21)19-22/h20H,2-17H2,1H3. The van der Waals surface area contributed by atoms with Crippen LogP contribution >= 0.6 is 0 Å². The van der Waals surface area contributed by atoms with Crippen molar-refractivity contribution in [2.24, 2.45) is 5.92 Å². The minimum Gasteiger partial charge on any atom is -0.197 e. The predicted octanol–water partition coefficient (Wildman–Crippen LogP) is 6.91. The molecular formula is C20H36N2. The summed E-state index contributed by atoms with van der Waals surface area (Å²) in [5.74, 6) is -0.387. The lowest BCUT2D eigenvalue weighted by Crippen LogP contribution is -1.92. The van der Waals surface area contributed by atoms with E-state index in [9.17, 15) is 0 Å². The van der Waals surface area contributed by atoms with E-state index in [4.69, 9.17) is 10.5 Å². The smallest absolute Gasteiger partial charge is 0.133 e. The van der Waals surface area contributed by atoms with Crippen LogP contribution in [0.1, 0.15) is 110 Å². The Balaban J connectivity index is 3.06. The summed E-state index contributed by atoms with van der Waals surface area (Å²) >= 11 is 0. The van der Waals surface area contributed by atoms with E-state index in [0.717, 1.165) is 12.8 Å². The van der Waals surface area contributed by atoms with Crippen LogP contribution in [-0.4, -0.2) is 0 Å². The molecule has 0 unspecified atom stereocenters. The van der Waals surface area contributed by atoms with Crippen LogP contribution in [0.4, 0.5) is 0 Å². The fourth-order valence-electron chi connectivity index (χ4n) is 2.88. The molecule has 2 heteroatoms. The second-order valence-corrected chi connectivity index (χ2v) is 6.55. The average molecular weight is 305 g/mol. The summed E-state index contributed by atoms with van der Waals surface area (Å²) < 4.78 is 0. The summed E-state index contributed by atoms with van der Waals surface area (Å²) in [6.45, 7) is 2.27. The highest BCUT2D eigenvalue weighted by Crippen LogP contribution is 2.14. The topological polar surface area (TPSA) is 47.6 Å². The van der Waals surface area contributed by atoms with E-state index in [2.05, 4.69) is 6.92 Å². The molecule has 0 spiro atoms. The molecule has 0 aliphatic carbocycles. The molecule has 0 N–H and O–H groups in total. The van der Waals surface area contributed by atoms with Crippen LogP contribution in [0.25, 0.3) is 0 Å². The Labute approximate surface area is 138 Å². The van der Waals surface area contributed by atoms with Gasteiger partial charge in [-0.15, -0.1) is 0 Å².